The van der Waals surface area contributed by atoms with Crippen molar-refractivity contribution >= 4 is 17.7 Å². The van der Waals surface area contributed by atoms with Crippen molar-refractivity contribution in [3.05, 3.63) is 0 Å². The molecule has 2 aliphatic rings. The SMILES string of the molecule is CCC[C@H]1CN[C@@H]1C(=O)N[C@H](C(C)C)[C@H]1O[C@H](SC)[C@H](O)[C@@H](O)[C@H]1O. The quantitative estimate of drug-likeness (QED) is 0.414. The highest BCUT2D eigenvalue weighted by molar-refractivity contribution is 7.99. The number of rotatable bonds is 7. The van der Waals surface area contributed by atoms with E-state index in [1.54, 1.807) is 6.26 Å². The smallest absolute Gasteiger partial charge is 0.237 e. The fraction of sp³-hybridized carbons (Fsp3) is 0.941. The molecular weight excluding hydrogens is 344 g/mol. The predicted octanol–water partition coefficient (Wildman–Crippen LogP) is -0.314. The number of hydrogen-bond donors (Lipinski definition) is 5. The lowest BCUT2D eigenvalue weighted by Crippen LogP contribution is -2.67. The summed E-state index contributed by atoms with van der Waals surface area (Å²) in [6, 6.07) is -0.669. The van der Waals surface area contributed by atoms with E-state index in [9.17, 15) is 20.1 Å². The van der Waals surface area contributed by atoms with Gasteiger partial charge in [-0.2, -0.15) is 0 Å². The number of aliphatic hydroxyl groups excluding tert-OH is 3. The molecule has 2 fully saturated rings. The standard InChI is InChI=1S/C17H32N2O5S/c1-5-6-9-7-18-11(9)16(23)19-10(8(2)3)15-13(21)12(20)14(22)17(24-15)25-4/h8-15,17-18,20-22H,5-7H2,1-4H3,(H,19,23)/t9-,10+,11-,12-,13+,14+,15+,17+/m0/s1. The first kappa shape index (κ1) is 20.9. The molecule has 2 heterocycles. The molecule has 0 spiro atoms. The van der Waals surface area contributed by atoms with Crippen LogP contribution in [0.3, 0.4) is 0 Å². The predicted molar refractivity (Wildman–Crippen MR) is 97.2 cm³/mol. The first-order valence-corrected chi connectivity index (χ1v) is 10.4. The summed E-state index contributed by atoms with van der Waals surface area (Å²) in [5, 5.41) is 36.7. The summed E-state index contributed by atoms with van der Waals surface area (Å²) in [4.78, 5) is 12.6. The van der Waals surface area contributed by atoms with Gasteiger partial charge in [0.15, 0.2) is 0 Å². The summed E-state index contributed by atoms with van der Waals surface area (Å²) in [6.45, 7) is 6.82. The van der Waals surface area contributed by atoms with Crippen molar-refractivity contribution in [2.24, 2.45) is 11.8 Å². The Kier molecular flexibility index (Phi) is 7.54. The highest BCUT2D eigenvalue weighted by Gasteiger charge is 2.48. The van der Waals surface area contributed by atoms with E-state index in [1.807, 2.05) is 13.8 Å². The van der Waals surface area contributed by atoms with Gasteiger partial charge in [0.25, 0.3) is 0 Å². The maximum atomic E-state index is 12.6. The van der Waals surface area contributed by atoms with Gasteiger partial charge >= 0.3 is 0 Å². The molecule has 0 aromatic rings. The molecule has 8 heteroatoms. The summed E-state index contributed by atoms with van der Waals surface area (Å²) in [6.07, 6.45) is -0.689. The highest BCUT2D eigenvalue weighted by Crippen LogP contribution is 2.30. The van der Waals surface area contributed by atoms with Crippen molar-refractivity contribution in [3.63, 3.8) is 0 Å². The summed E-state index contributed by atoms with van der Waals surface area (Å²) in [7, 11) is 0. The number of nitrogens with one attached hydrogen (secondary N) is 2. The molecule has 2 saturated heterocycles. The molecular formula is C17H32N2O5S. The zero-order chi connectivity index (χ0) is 18.7. The summed E-state index contributed by atoms with van der Waals surface area (Å²) in [5.41, 5.74) is -0.642. The number of ether oxygens (including phenoxy) is 1. The van der Waals surface area contributed by atoms with Crippen LogP contribution in [-0.2, 0) is 9.53 Å². The Morgan fingerprint density at radius 2 is 1.96 bits per heavy atom. The Morgan fingerprint density at radius 3 is 2.44 bits per heavy atom. The maximum Gasteiger partial charge on any atom is 0.237 e. The van der Waals surface area contributed by atoms with E-state index in [2.05, 4.69) is 17.6 Å². The zero-order valence-corrected chi connectivity index (χ0v) is 16.2. The van der Waals surface area contributed by atoms with Crippen LogP contribution >= 0.6 is 11.8 Å². The third-order valence-corrected chi connectivity index (χ3v) is 6.09. The maximum absolute atomic E-state index is 12.6. The fourth-order valence-electron chi connectivity index (χ4n) is 3.60. The first-order valence-electron chi connectivity index (χ1n) is 9.08. The van der Waals surface area contributed by atoms with Gasteiger partial charge in [0.05, 0.1) is 12.1 Å². The highest BCUT2D eigenvalue weighted by atomic mass is 32.2. The lowest BCUT2D eigenvalue weighted by molar-refractivity contribution is -0.208. The average Bonchev–Trinajstić information content (AvgIpc) is 2.55. The number of hydrogen-bond acceptors (Lipinski definition) is 7. The first-order chi connectivity index (χ1) is 11.8. The lowest BCUT2D eigenvalue weighted by atomic mass is 9.85. The summed E-state index contributed by atoms with van der Waals surface area (Å²) >= 11 is 1.27. The monoisotopic (exact) mass is 376 g/mol. The van der Waals surface area contributed by atoms with Crippen molar-refractivity contribution in [2.75, 3.05) is 12.8 Å². The number of aliphatic hydroxyl groups is 3. The third kappa shape index (κ3) is 4.48. The normalized spacial score (nSPS) is 39.8. The molecule has 8 atom stereocenters. The second kappa shape index (κ2) is 9.01. The fourth-order valence-corrected chi connectivity index (χ4v) is 4.28. The molecule has 0 unspecified atom stereocenters. The molecule has 25 heavy (non-hydrogen) atoms. The van der Waals surface area contributed by atoms with Crippen molar-refractivity contribution in [2.45, 2.75) is 75.5 Å². The van der Waals surface area contributed by atoms with Gasteiger partial charge in [-0.15, -0.1) is 11.8 Å². The molecule has 0 radical (unpaired) electrons. The van der Waals surface area contributed by atoms with E-state index >= 15 is 0 Å². The van der Waals surface area contributed by atoms with E-state index in [0.29, 0.717) is 5.92 Å². The third-order valence-electron chi connectivity index (χ3n) is 5.23. The minimum atomic E-state index is -1.30. The van der Waals surface area contributed by atoms with E-state index in [0.717, 1.165) is 19.4 Å². The molecule has 146 valence electrons. The lowest BCUT2D eigenvalue weighted by Gasteiger charge is -2.45. The van der Waals surface area contributed by atoms with Crippen LogP contribution in [0.25, 0.3) is 0 Å². The minimum absolute atomic E-state index is 0.00162. The van der Waals surface area contributed by atoms with Crippen molar-refractivity contribution in [3.8, 4) is 0 Å². The van der Waals surface area contributed by atoms with E-state index in [1.165, 1.54) is 11.8 Å². The van der Waals surface area contributed by atoms with Crippen molar-refractivity contribution in [1.82, 2.24) is 10.6 Å². The van der Waals surface area contributed by atoms with Crippen molar-refractivity contribution < 1.29 is 24.9 Å². The average molecular weight is 377 g/mol. The van der Waals surface area contributed by atoms with Gasteiger partial charge in [0.1, 0.15) is 29.9 Å². The van der Waals surface area contributed by atoms with Crippen LogP contribution in [0.5, 0.6) is 0 Å². The second-order valence-corrected chi connectivity index (χ2v) is 8.33. The van der Waals surface area contributed by atoms with Crippen LogP contribution in [0.2, 0.25) is 0 Å². The topological polar surface area (TPSA) is 111 Å². The molecule has 1 amide bonds. The molecule has 7 nitrogen and oxygen atoms in total. The Morgan fingerprint density at radius 1 is 1.28 bits per heavy atom. The molecule has 2 aliphatic heterocycles. The largest absolute Gasteiger partial charge is 0.388 e. The number of carbonyl (C=O) groups is 1. The van der Waals surface area contributed by atoms with Gasteiger partial charge in [0, 0.05) is 6.54 Å². The van der Waals surface area contributed by atoms with Gasteiger partial charge in [0.2, 0.25) is 5.91 Å². The molecule has 5 N–H and O–H groups in total. The van der Waals surface area contributed by atoms with E-state index < -0.39 is 35.9 Å². The van der Waals surface area contributed by atoms with Gasteiger partial charge in [-0.25, -0.2) is 0 Å². The summed E-state index contributed by atoms with van der Waals surface area (Å²) < 4.78 is 5.83. The number of thioether (sulfide) groups is 1. The molecule has 2 rings (SSSR count). The second-order valence-electron chi connectivity index (χ2n) is 7.39. The molecule has 0 aromatic carbocycles. The van der Waals surface area contributed by atoms with Gasteiger partial charge < -0.3 is 30.7 Å². The Bertz CT molecular complexity index is 451. The number of amides is 1. The summed E-state index contributed by atoms with van der Waals surface area (Å²) in [5.74, 6) is 0.236. The van der Waals surface area contributed by atoms with Crippen molar-refractivity contribution in [1.29, 1.82) is 0 Å². The Labute approximate surface area is 153 Å². The van der Waals surface area contributed by atoms with Crippen LogP contribution in [-0.4, -0.2) is 76.0 Å². The van der Waals surface area contributed by atoms with Crippen LogP contribution < -0.4 is 10.6 Å². The Balaban J connectivity index is 2.08. The van der Waals surface area contributed by atoms with E-state index in [-0.39, 0.29) is 17.9 Å². The van der Waals surface area contributed by atoms with Gasteiger partial charge in [-0.1, -0.05) is 27.2 Å². The molecule has 0 bridgehead atoms. The van der Waals surface area contributed by atoms with Crippen LogP contribution in [0, 0.1) is 11.8 Å². The number of carbonyl (C=O) groups excluding carboxylic acids is 1. The van der Waals surface area contributed by atoms with E-state index in [4.69, 9.17) is 4.74 Å². The molecule has 0 aliphatic carbocycles. The van der Waals surface area contributed by atoms with Crippen LogP contribution in [0.4, 0.5) is 0 Å². The van der Waals surface area contributed by atoms with Crippen LogP contribution in [0.1, 0.15) is 33.6 Å². The van der Waals surface area contributed by atoms with Gasteiger partial charge in [-0.3, -0.25) is 4.79 Å². The minimum Gasteiger partial charge on any atom is -0.388 e. The Hall–Kier alpha value is -0.380. The van der Waals surface area contributed by atoms with Crippen LogP contribution in [0.15, 0.2) is 0 Å². The van der Waals surface area contributed by atoms with Gasteiger partial charge in [-0.05, 0) is 24.5 Å². The molecule has 0 saturated carbocycles. The zero-order valence-electron chi connectivity index (χ0n) is 15.4. The molecule has 0 aromatic heterocycles.